The number of benzene rings is 9. The van der Waals surface area contributed by atoms with E-state index in [-0.39, 0.29) is 0 Å². The number of hydrogen-bond acceptors (Lipinski definition) is 0. The van der Waals surface area contributed by atoms with E-state index in [2.05, 4.69) is 215 Å². The number of hydrogen-bond donors (Lipinski definition) is 0. The van der Waals surface area contributed by atoms with Gasteiger partial charge in [0.1, 0.15) is 0 Å². The highest BCUT2D eigenvalue weighted by Gasteiger charge is 2.22. The quantitative estimate of drug-likeness (QED) is 0.167. The van der Waals surface area contributed by atoms with Crippen molar-refractivity contribution < 1.29 is 0 Å². The van der Waals surface area contributed by atoms with E-state index in [9.17, 15) is 0 Å². The molecule has 2 aromatic heterocycles. The summed E-state index contributed by atoms with van der Waals surface area (Å²) < 4.78 is 4.87. The SMILES string of the molecule is c1ccc(-c2cccc(-n3c4ccccc4c4c5c6ccccc6n(-c6ccc(-c7ccc(-c8cccc9c8Cc8ccccc8-9)cc7)cc6)c5ccc43)c2)cc1. The predicted octanol–water partition coefficient (Wildman–Crippen LogP) is 14.5. The second-order valence-electron chi connectivity index (χ2n) is 15.3. The molecule has 0 unspecified atom stereocenters. The van der Waals surface area contributed by atoms with Crippen LogP contribution in [0.2, 0.25) is 0 Å². The van der Waals surface area contributed by atoms with Crippen LogP contribution in [-0.4, -0.2) is 9.13 Å². The summed E-state index contributed by atoms with van der Waals surface area (Å²) in [5, 5.41) is 5.09. The first-order valence-corrected chi connectivity index (χ1v) is 19.8. The van der Waals surface area contributed by atoms with Crippen LogP contribution in [0.1, 0.15) is 11.1 Å². The van der Waals surface area contributed by atoms with Crippen molar-refractivity contribution in [2.45, 2.75) is 6.42 Å². The van der Waals surface area contributed by atoms with Gasteiger partial charge in [-0.3, -0.25) is 0 Å². The van der Waals surface area contributed by atoms with Crippen molar-refractivity contribution in [2.24, 2.45) is 0 Å². The maximum atomic E-state index is 2.44. The maximum absolute atomic E-state index is 2.44. The van der Waals surface area contributed by atoms with Gasteiger partial charge < -0.3 is 9.13 Å². The molecule has 2 heterocycles. The molecule has 0 amide bonds. The number of para-hydroxylation sites is 2. The molecule has 1 aliphatic carbocycles. The fraction of sp³-hybridized carbons (Fsp3) is 0.0182. The van der Waals surface area contributed by atoms with Gasteiger partial charge in [0.05, 0.1) is 22.1 Å². The molecule has 0 N–H and O–H groups in total. The van der Waals surface area contributed by atoms with Crippen molar-refractivity contribution in [3.8, 4) is 55.9 Å². The van der Waals surface area contributed by atoms with Gasteiger partial charge in [-0.25, -0.2) is 0 Å². The first-order chi connectivity index (χ1) is 28.3. The van der Waals surface area contributed by atoms with Crippen LogP contribution in [0, 0.1) is 0 Å². The van der Waals surface area contributed by atoms with E-state index in [1.54, 1.807) is 0 Å². The number of rotatable bonds is 5. The Labute approximate surface area is 331 Å². The molecule has 1 aliphatic rings. The third-order valence-corrected chi connectivity index (χ3v) is 12.2. The number of aromatic nitrogens is 2. The normalized spacial score (nSPS) is 12.1. The zero-order chi connectivity index (χ0) is 37.5. The average Bonchev–Trinajstić information content (AvgIpc) is 3.95. The third kappa shape index (κ3) is 4.91. The monoisotopic (exact) mass is 724 g/mol. The van der Waals surface area contributed by atoms with Gasteiger partial charge in [0.15, 0.2) is 0 Å². The Kier molecular flexibility index (Phi) is 7.02. The van der Waals surface area contributed by atoms with Gasteiger partial charge in [-0.05, 0) is 111 Å². The molecular weight excluding hydrogens is 689 g/mol. The van der Waals surface area contributed by atoms with E-state index < -0.39 is 0 Å². The van der Waals surface area contributed by atoms with E-state index in [1.807, 2.05) is 0 Å². The molecule has 0 fully saturated rings. The smallest absolute Gasteiger partial charge is 0.0548 e. The Balaban J connectivity index is 0.955. The zero-order valence-corrected chi connectivity index (χ0v) is 31.2. The van der Waals surface area contributed by atoms with Crippen LogP contribution in [-0.2, 0) is 6.42 Å². The molecule has 0 saturated carbocycles. The van der Waals surface area contributed by atoms with Crippen molar-refractivity contribution in [3.63, 3.8) is 0 Å². The standard InChI is InChI=1S/C55H36N2/c1-2-12-36(13-3-1)40-15-10-16-43(34-40)57-51-23-9-7-19-48(51)55-53(57)33-32-52-54(55)47-18-6-8-22-50(47)56(52)42-30-28-38(29-31-42)37-24-26-39(27-25-37)44-20-11-21-46-45-17-5-4-14-41(45)35-49(44)46/h1-34H,35H2. The van der Waals surface area contributed by atoms with Crippen molar-refractivity contribution >= 4 is 43.6 Å². The van der Waals surface area contributed by atoms with Crippen LogP contribution in [0.5, 0.6) is 0 Å². The Bertz CT molecular complexity index is 3340. The molecule has 0 saturated heterocycles. The lowest BCUT2D eigenvalue weighted by Gasteiger charge is -2.12. The van der Waals surface area contributed by atoms with Gasteiger partial charge in [-0.15, -0.1) is 0 Å². The molecule has 0 bridgehead atoms. The molecule has 0 atom stereocenters. The van der Waals surface area contributed by atoms with E-state index in [0.29, 0.717) is 0 Å². The van der Waals surface area contributed by atoms with Crippen molar-refractivity contribution in [1.29, 1.82) is 0 Å². The van der Waals surface area contributed by atoms with Crippen LogP contribution in [0.3, 0.4) is 0 Å². The molecule has 2 nitrogen and oxygen atoms in total. The lowest BCUT2D eigenvalue weighted by atomic mass is 9.94. The minimum absolute atomic E-state index is 0.990. The summed E-state index contributed by atoms with van der Waals surface area (Å²) in [6.45, 7) is 0. The summed E-state index contributed by atoms with van der Waals surface area (Å²) in [7, 11) is 0. The van der Waals surface area contributed by atoms with Crippen LogP contribution >= 0.6 is 0 Å². The predicted molar refractivity (Wildman–Crippen MR) is 240 cm³/mol. The van der Waals surface area contributed by atoms with Crippen molar-refractivity contribution in [3.05, 3.63) is 217 Å². The molecular formula is C55H36N2. The van der Waals surface area contributed by atoms with Crippen molar-refractivity contribution in [1.82, 2.24) is 9.13 Å². The Morgan fingerprint density at radius 1 is 0.298 bits per heavy atom. The summed E-state index contributed by atoms with van der Waals surface area (Å²) in [5.41, 5.74) is 20.2. The first kappa shape index (κ1) is 31.9. The van der Waals surface area contributed by atoms with E-state index in [0.717, 1.165) is 17.8 Å². The minimum Gasteiger partial charge on any atom is -0.309 e. The Morgan fingerprint density at radius 3 is 1.53 bits per heavy atom. The molecule has 2 heteroatoms. The lowest BCUT2D eigenvalue weighted by molar-refractivity contribution is 1.17. The summed E-state index contributed by atoms with van der Waals surface area (Å²) in [6.07, 6.45) is 0.990. The van der Waals surface area contributed by atoms with Gasteiger partial charge >= 0.3 is 0 Å². The second kappa shape index (κ2) is 12.6. The molecule has 266 valence electrons. The highest BCUT2D eigenvalue weighted by Crippen LogP contribution is 2.44. The van der Waals surface area contributed by atoms with E-state index in [4.69, 9.17) is 0 Å². The zero-order valence-electron chi connectivity index (χ0n) is 31.2. The highest BCUT2D eigenvalue weighted by atomic mass is 15.0. The summed E-state index contributed by atoms with van der Waals surface area (Å²) in [4.78, 5) is 0. The van der Waals surface area contributed by atoms with Gasteiger partial charge in [0, 0.05) is 32.9 Å². The second-order valence-corrected chi connectivity index (χ2v) is 15.3. The number of nitrogens with zero attached hydrogens (tertiary/aromatic N) is 2. The Hall–Kier alpha value is -7.42. The third-order valence-electron chi connectivity index (χ3n) is 12.2. The van der Waals surface area contributed by atoms with E-state index in [1.165, 1.54) is 99.2 Å². The maximum Gasteiger partial charge on any atom is 0.0548 e. The first-order valence-electron chi connectivity index (χ1n) is 19.8. The van der Waals surface area contributed by atoms with Crippen LogP contribution in [0.25, 0.3) is 99.5 Å². The topological polar surface area (TPSA) is 9.86 Å². The highest BCUT2D eigenvalue weighted by molar-refractivity contribution is 6.28. The fourth-order valence-corrected chi connectivity index (χ4v) is 9.60. The lowest BCUT2D eigenvalue weighted by Crippen LogP contribution is -1.95. The molecule has 11 aromatic rings. The van der Waals surface area contributed by atoms with Gasteiger partial charge in [0.2, 0.25) is 0 Å². The van der Waals surface area contributed by atoms with Crippen LogP contribution < -0.4 is 0 Å². The molecule has 12 rings (SSSR count). The van der Waals surface area contributed by atoms with Gasteiger partial charge in [-0.1, -0.05) is 158 Å². The molecule has 57 heavy (non-hydrogen) atoms. The van der Waals surface area contributed by atoms with E-state index >= 15 is 0 Å². The average molecular weight is 725 g/mol. The summed E-state index contributed by atoms with van der Waals surface area (Å²) >= 11 is 0. The largest absolute Gasteiger partial charge is 0.309 e. The Morgan fingerprint density at radius 2 is 0.807 bits per heavy atom. The molecule has 9 aromatic carbocycles. The minimum atomic E-state index is 0.990. The van der Waals surface area contributed by atoms with Crippen LogP contribution in [0.4, 0.5) is 0 Å². The molecule has 0 aliphatic heterocycles. The van der Waals surface area contributed by atoms with Gasteiger partial charge in [-0.2, -0.15) is 0 Å². The van der Waals surface area contributed by atoms with Gasteiger partial charge in [0.25, 0.3) is 0 Å². The summed E-state index contributed by atoms with van der Waals surface area (Å²) in [5.74, 6) is 0. The fourth-order valence-electron chi connectivity index (χ4n) is 9.60. The summed E-state index contributed by atoms with van der Waals surface area (Å²) in [6, 6.07) is 75.7. The number of fused-ring (bicyclic) bond motifs is 10. The molecule has 0 radical (unpaired) electrons. The van der Waals surface area contributed by atoms with Crippen LogP contribution in [0.15, 0.2) is 206 Å². The van der Waals surface area contributed by atoms with Crippen molar-refractivity contribution in [2.75, 3.05) is 0 Å². The molecule has 0 spiro atoms.